The summed E-state index contributed by atoms with van der Waals surface area (Å²) in [4.78, 5) is 16.9. The molecule has 0 spiro atoms. The van der Waals surface area contributed by atoms with Crippen LogP contribution in [0, 0.1) is 6.92 Å². The van der Waals surface area contributed by atoms with Crippen LogP contribution in [0.5, 0.6) is 0 Å². The molecule has 7 heteroatoms. The first kappa shape index (κ1) is 19.1. The first-order chi connectivity index (χ1) is 13.5. The van der Waals surface area contributed by atoms with Gasteiger partial charge in [-0.05, 0) is 25.3 Å². The Morgan fingerprint density at radius 3 is 2.61 bits per heavy atom. The summed E-state index contributed by atoms with van der Waals surface area (Å²) < 4.78 is 2.02. The van der Waals surface area contributed by atoms with Crippen LogP contribution in [0.1, 0.15) is 59.4 Å². The van der Waals surface area contributed by atoms with E-state index in [1.807, 2.05) is 11.3 Å². The minimum atomic E-state index is 0.0178. The van der Waals surface area contributed by atoms with E-state index in [2.05, 4.69) is 64.6 Å². The molecule has 148 valence electrons. The van der Waals surface area contributed by atoms with E-state index in [1.165, 1.54) is 16.9 Å². The van der Waals surface area contributed by atoms with Gasteiger partial charge in [-0.1, -0.05) is 55.5 Å². The van der Waals surface area contributed by atoms with E-state index >= 15 is 0 Å². The van der Waals surface area contributed by atoms with Crippen molar-refractivity contribution in [2.45, 2.75) is 52.1 Å². The van der Waals surface area contributed by atoms with Crippen LogP contribution >= 0.6 is 11.3 Å². The lowest BCUT2D eigenvalue weighted by molar-refractivity contribution is 0.0912. The maximum absolute atomic E-state index is 12.9. The fourth-order valence-electron chi connectivity index (χ4n) is 3.84. The first-order valence-electron chi connectivity index (χ1n) is 9.94. The summed E-state index contributed by atoms with van der Waals surface area (Å²) in [5.74, 6) is 1.20. The number of aryl methyl sites for hydroxylation is 1. The highest BCUT2D eigenvalue weighted by Gasteiger charge is 2.25. The predicted octanol–water partition coefficient (Wildman–Crippen LogP) is 3.62. The Kier molecular flexibility index (Phi) is 5.46. The maximum Gasteiger partial charge on any atom is 0.263 e. The number of piperidine rings is 1. The number of hydrogen-bond acceptors (Lipinski definition) is 5. The average molecular weight is 398 g/mol. The molecule has 2 aromatic heterocycles. The van der Waals surface area contributed by atoms with Crippen LogP contribution in [0.15, 0.2) is 30.3 Å². The second-order valence-electron chi connectivity index (χ2n) is 7.86. The quantitative estimate of drug-likeness (QED) is 0.714. The zero-order valence-electron chi connectivity index (χ0n) is 16.7. The van der Waals surface area contributed by atoms with Gasteiger partial charge in [-0.2, -0.15) is 0 Å². The number of aromatic nitrogens is 3. The molecule has 1 aliphatic rings. The number of rotatable bonds is 5. The minimum Gasteiger partial charge on any atom is -0.348 e. The van der Waals surface area contributed by atoms with Crippen molar-refractivity contribution in [1.82, 2.24) is 24.8 Å². The van der Waals surface area contributed by atoms with Crippen LogP contribution in [0.4, 0.5) is 0 Å². The molecule has 3 aromatic rings. The second-order valence-corrected chi connectivity index (χ2v) is 8.83. The first-order valence-corrected chi connectivity index (χ1v) is 10.8. The van der Waals surface area contributed by atoms with Gasteiger partial charge in [-0.25, -0.2) is 0 Å². The fourth-order valence-corrected chi connectivity index (χ4v) is 4.82. The van der Waals surface area contributed by atoms with Gasteiger partial charge in [-0.15, -0.1) is 10.2 Å². The third-order valence-electron chi connectivity index (χ3n) is 5.41. The molecule has 0 saturated carbocycles. The van der Waals surface area contributed by atoms with Gasteiger partial charge in [0.25, 0.3) is 5.91 Å². The Morgan fingerprint density at radius 2 is 1.93 bits per heavy atom. The fraction of sp³-hybridized carbons (Fsp3) is 0.476. The molecule has 0 radical (unpaired) electrons. The Labute approximate surface area is 169 Å². The second kappa shape index (κ2) is 8.01. The molecule has 0 atom stereocenters. The van der Waals surface area contributed by atoms with Gasteiger partial charge in [0.1, 0.15) is 10.7 Å². The van der Waals surface area contributed by atoms with Gasteiger partial charge in [0.05, 0.1) is 0 Å². The third kappa shape index (κ3) is 3.82. The highest BCUT2D eigenvalue weighted by Crippen LogP contribution is 2.26. The zero-order valence-corrected chi connectivity index (χ0v) is 17.5. The molecule has 4 rings (SSSR count). The molecular weight excluding hydrogens is 370 g/mol. The number of likely N-dealkylation sites (tertiary alicyclic amines) is 1. The van der Waals surface area contributed by atoms with Crippen molar-refractivity contribution in [2.24, 2.45) is 0 Å². The monoisotopic (exact) mass is 397 g/mol. The largest absolute Gasteiger partial charge is 0.348 e. The predicted molar refractivity (Wildman–Crippen MR) is 112 cm³/mol. The SMILES string of the molecule is Cc1c(C(=O)NC2CCN(Cc3ccccc3)CC2)sc2nnc(C(C)C)n12. The smallest absolute Gasteiger partial charge is 0.263 e. The summed E-state index contributed by atoms with van der Waals surface area (Å²) in [5.41, 5.74) is 2.28. The third-order valence-corrected chi connectivity index (χ3v) is 6.54. The van der Waals surface area contributed by atoms with Crippen molar-refractivity contribution in [1.29, 1.82) is 0 Å². The molecule has 1 N–H and O–H groups in total. The normalized spacial score (nSPS) is 16.1. The number of hydrogen-bond donors (Lipinski definition) is 1. The molecule has 28 heavy (non-hydrogen) atoms. The van der Waals surface area contributed by atoms with Gasteiger partial charge < -0.3 is 5.32 Å². The topological polar surface area (TPSA) is 62.5 Å². The Bertz CT molecular complexity index is 954. The van der Waals surface area contributed by atoms with Gasteiger partial charge in [0.2, 0.25) is 4.96 Å². The van der Waals surface area contributed by atoms with E-state index in [4.69, 9.17) is 0 Å². The van der Waals surface area contributed by atoms with Gasteiger partial charge in [0, 0.05) is 37.3 Å². The lowest BCUT2D eigenvalue weighted by Gasteiger charge is -2.32. The van der Waals surface area contributed by atoms with Crippen molar-refractivity contribution < 1.29 is 4.79 Å². The van der Waals surface area contributed by atoms with Crippen LogP contribution < -0.4 is 5.32 Å². The standard InChI is InChI=1S/C21H27N5OS/c1-14(2)19-23-24-21-26(19)15(3)18(28-21)20(27)22-17-9-11-25(12-10-17)13-16-7-5-4-6-8-16/h4-8,14,17H,9-13H2,1-3H3,(H,22,27). The van der Waals surface area contributed by atoms with E-state index in [1.54, 1.807) is 0 Å². The average Bonchev–Trinajstić information content (AvgIpc) is 3.25. The summed E-state index contributed by atoms with van der Waals surface area (Å²) >= 11 is 1.43. The molecule has 0 aliphatic carbocycles. The molecule has 0 unspecified atom stereocenters. The Balaban J connectivity index is 1.37. The van der Waals surface area contributed by atoms with Gasteiger partial charge in [-0.3, -0.25) is 14.1 Å². The van der Waals surface area contributed by atoms with E-state index in [0.29, 0.717) is 0 Å². The molecule has 6 nitrogen and oxygen atoms in total. The van der Waals surface area contributed by atoms with Gasteiger partial charge in [0.15, 0.2) is 0 Å². The molecule has 1 aliphatic heterocycles. The minimum absolute atomic E-state index is 0.0178. The summed E-state index contributed by atoms with van der Waals surface area (Å²) in [6, 6.07) is 10.8. The summed E-state index contributed by atoms with van der Waals surface area (Å²) in [6.07, 6.45) is 1.97. The van der Waals surface area contributed by atoms with Crippen molar-refractivity contribution in [3.05, 3.63) is 52.3 Å². The Hall–Kier alpha value is -2.25. The number of carbonyl (C=O) groups excluding carboxylic acids is 1. The zero-order chi connectivity index (χ0) is 19.7. The van der Waals surface area contributed by atoms with E-state index in [9.17, 15) is 4.79 Å². The van der Waals surface area contributed by atoms with Crippen LogP contribution in [0.3, 0.4) is 0 Å². The number of amides is 1. The van der Waals surface area contributed by atoms with Gasteiger partial charge >= 0.3 is 0 Å². The summed E-state index contributed by atoms with van der Waals surface area (Å²) in [7, 11) is 0. The van der Waals surface area contributed by atoms with Crippen LogP contribution in [-0.2, 0) is 6.54 Å². The number of carbonyl (C=O) groups is 1. The molecular formula is C21H27N5OS. The summed E-state index contributed by atoms with van der Waals surface area (Å²) in [6.45, 7) is 9.17. The van der Waals surface area contributed by atoms with Crippen molar-refractivity contribution >= 4 is 22.2 Å². The molecule has 1 aromatic carbocycles. The van der Waals surface area contributed by atoms with Crippen LogP contribution in [0.25, 0.3) is 4.96 Å². The molecule has 1 amide bonds. The highest BCUT2D eigenvalue weighted by molar-refractivity contribution is 7.19. The lowest BCUT2D eigenvalue weighted by atomic mass is 10.0. The lowest BCUT2D eigenvalue weighted by Crippen LogP contribution is -2.44. The van der Waals surface area contributed by atoms with Crippen molar-refractivity contribution in [3.63, 3.8) is 0 Å². The van der Waals surface area contributed by atoms with Crippen molar-refractivity contribution in [3.8, 4) is 0 Å². The van der Waals surface area contributed by atoms with Crippen LogP contribution in [-0.4, -0.2) is 44.5 Å². The molecule has 1 fully saturated rings. The molecule has 0 bridgehead atoms. The van der Waals surface area contributed by atoms with Crippen molar-refractivity contribution in [2.75, 3.05) is 13.1 Å². The van der Waals surface area contributed by atoms with E-state index in [-0.39, 0.29) is 17.9 Å². The number of thiazole rings is 1. The highest BCUT2D eigenvalue weighted by atomic mass is 32.1. The van der Waals surface area contributed by atoms with Crippen LogP contribution in [0.2, 0.25) is 0 Å². The number of nitrogens with one attached hydrogen (secondary N) is 1. The maximum atomic E-state index is 12.9. The van der Waals surface area contributed by atoms with E-state index in [0.717, 1.165) is 53.8 Å². The number of nitrogens with zero attached hydrogens (tertiary/aromatic N) is 4. The van der Waals surface area contributed by atoms with E-state index < -0.39 is 0 Å². The Morgan fingerprint density at radius 1 is 1.21 bits per heavy atom. The molecule has 3 heterocycles. The molecule has 1 saturated heterocycles. The number of fused-ring (bicyclic) bond motifs is 1. The number of benzene rings is 1. The summed E-state index contributed by atoms with van der Waals surface area (Å²) in [5, 5.41) is 11.7.